The monoisotopic (exact) mass is 270 g/mol. The number of hydrogen-bond donors (Lipinski definition) is 2. The number of benzene rings is 1. The molecule has 0 radical (unpaired) electrons. The molecule has 0 spiro atoms. The molecule has 0 aliphatic rings. The van der Waals surface area contributed by atoms with Crippen molar-refractivity contribution >= 4 is 15.7 Å². The smallest absolute Gasteiger partial charge is 0.219 e. The molecule has 1 aromatic carbocycles. The fraction of sp³-hybridized carbons (Fsp3) is 0.417. The Morgan fingerprint density at radius 2 is 1.83 bits per heavy atom. The Labute approximate surface area is 107 Å². The van der Waals surface area contributed by atoms with E-state index >= 15 is 0 Å². The zero-order valence-corrected chi connectivity index (χ0v) is 11.5. The van der Waals surface area contributed by atoms with Crippen LogP contribution in [0.15, 0.2) is 29.2 Å². The van der Waals surface area contributed by atoms with Crippen molar-refractivity contribution in [1.29, 1.82) is 0 Å². The van der Waals surface area contributed by atoms with Crippen LogP contribution in [0.5, 0.6) is 0 Å². The lowest BCUT2D eigenvalue weighted by atomic mass is 9.88. The lowest BCUT2D eigenvalue weighted by Gasteiger charge is -2.28. The van der Waals surface area contributed by atoms with Gasteiger partial charge in [-0.3, -0.25) is 4.79 Å². The number of carbonyl (C=O) groups excluding carboxylic acids is 1. The molecule has 0 aliphatic heterocycles. The minimum Gasteiger partial charge on any atom is -0.370 e. The van der Waals surface area contributed by atoms with E-state index in [9.17, 15) is 13.2 Å². The highest BCUT2D eigenvalue weighted by Gasteiger charge is 2.26. The largest absolute Gasteiger partial charge is 0.370 e. The zero-order chi connectivity index (χ0) is 14.0. The number of carbonyl (C=O) groups is 1. The SMILES string of the molecule is CNC(C)(CC(N)=O)c1ccc(S(C)(=O)=O)cc1. The van der Waals surface area contributed by atoms with Gasteiger partial charge in [0.25, 0.3) is 0 Å². The summed E-state index contributed by atoms with van der Waals surface area (Å²) in [4.78, 5) is 11.3. The van der Waals surface area contributed by atoms with Crippen LogP contribution < -0.4 is 11.1 Å². The Morgan fingerprint density at radius 1 is 1.33 bits per heavy atom. The summed E-state index contributed by atoms with van der Waals surface area (Å²) in [6.07, 6.45) is 1.30. The molecule has 100 valence electrons. The predicted molar refractivity (Wildman–Crippen MR) is 69.8 cm³/mol. The maximum Gasteiger partial charge on any atom is 0.219 e. The minimum atomic E-state index is -3.21. The molecule has 0 saturated heterocycles. The average Bonchev–Trinajstić information content (AvgIpc) is 2.27. The summed E-state index contributed by atoms with van der Waals surface area (Å²) in [6.45, 7) is 1.84. The second-order valence-electron chi connectivity index (χ2n) is 4.52. The van der Waals surface area contributed by atoms with Crippen LogP contribution in [-0.4, -0.2) is 27.6 Å². The van der Waals surface area contributed by atoms with Gasteiger partial charge in [-0.05, 0) is 31.7 Å². The third-order valence-electron chi connectivity index (χ3n) is 3.00. The Kier molecular flexibility index (Phi) is 4.13. The van der Waals surface area contributed by atoms with Crippen LogP contribution in [0.2, 0.25) is 0 Å². The first-order chi connectivity index (χ1) is 8.19. The van der Waals surface area contributed by atoms with Gasteiger partial charge in [0.15, 0.2) is 9.84 Å². The number of nitrogens with one attached hydrogen (secondary N) is 1. The molecule has 0 fully saturated rings. The molecule has 1 atom stereocenters. The molecule has 5 nitrogen and oxygen atoms in total. The molecule has 0 aromatic heterocycles. The Balaban J connectivity index is 3.13. The van der Waals surface area contributed by atoms with Gasteiger partial charge in [-0.25, -0.2) is 8.42 Å². The van der Waals surface area contributed by atoms with Crippen LogP contribution in [0.3, 0.4) is 0 Å². The number of rotatable bonds is 5. The topological polar surface area (TPSA) is 89.3 Å². The van der Waals surface area contributed by atoms with Gasteiger partial charge in [-0.15, -0.1) is 0 Å². The van der Waals surface area contributed by atoms with Crippen LogP contribution >= 0.6 is 0 Å². The maximum atomic E-state index is 11.4. The second-order valence-corrected chi connectivity index (χ2v) is 6.54. The fourth-order valence-corrected chi connectivity index (χ4v) is 2.38. The fourth-order valence-electron chi connectivity index (χ4n) is 1.75. The van der Waals surface area contributed by atoms with Crippen molar-refractivity contribution < 1.29 is 13.2 Å². The first-order valence-electron chi connectivity index (χ1n) is 5.47. The third-order valence-corrected chi connectivity index (χ3v) is 4.13. The van der Waals surface area contributed by atoms with Gasteiger partial charge in [0.2, 0.25) is 5.91 Å². The molecule has 1 unspecified atom stereocenters. The van der Waals surface area contributed by atoms with Gasteiger partial charge in [0.05, 0.1) is 4.90 Å². The van der Waals surface area contributed by atoms with Crippen molar-refractivity contribution in [2.45, 2.75) is 23.8 Å². The van der Waals surface area contributed by atoms with Gasteiger partial charge >= 0.3 is 0 Å². The average molecular weight is 270 g/mol. The maximum absolute atomic E-state index is 11.4. The first kappa shape index (κ1) is 14.7. The minimum absolute atomic E-state index is 0.141. The predicted octanol–water partition coefficient (Wildman–Crippen LogP) is 0.400. The molecule has 0 aliphatic carbocycles. The standard InChI is InChI=1S/C12H18N2O3S/c1-12(14-2,8-11(13)15)9-4-6-10(7-5-9)18(3,16)17/h4-7,14H,8H2,1-3H3,(H2,13,15). The summed E-state index contributed by atoms with van der Waals surface area (Å²) in [7, 11) is -1.48. The molecule has 1 aromatic rings. The summed E-state index contributed by atoms with van der Waals surface area (Å²) in [6, 6.07) is 6.44. The molecule has 18 heavy (non-hydrogen) atoms. The molecular weight excluding hydrogens is 252 g/mol. The Hall–Kier alpha value is -1.40. The van der Waals surface area contributed by atoms with Crippen molar-refractivity contribution in [3.63, 3.8) is 0 Å². The lowest BCUT2D eigenvalue weighted by Crippen LogP contribution is -2.40. The third kappa shape index (κ3) is 3.30. The number of sulfone groups is 1. The number of primary amides is 1. The normalized spacial score (nSPS) is 15.1. The number of nitrogens with two attached hydrogens (primary N) is 1. The van der Waals surface area contributed by atoms with Crippen LogP contribution in [0.4, 0.5) is 0 Å². The van der Waals surface area contributed by atoms with Gasteiger partial charge < -0.3 is 11.1 Å². The van der Waals surface area contributed by atoms with Crippen molar-refractivity contribution in [2.75, 3.05) is 13.3 Å². The van der Waals surface area contributed by atoms with E-state index in [1.54, 1.807) is 19.2 Å². The van der Waals surface area contributed by atoms with Crippen molar-refractivity contribution in [3.05, 3.63) is 29.8 Å². The molecule has 0 heterocycles. The summed E-state index contributed by atoms with van der Waals surface area (Å²) >= 11 is 0. The van der Waals surface area contributed by atoms with Crippen LogP contribution in [0, 0.1) is 0 Å². The quantitative estimate of drug-likeness (QED) is 0.810. The molecule has 1 amide bonds. The van der Waals surface area contributed by atoms with Crippen molar-refractivity contribution in [3.8, 4) is 0 Å². The highest BCUT2D eigenvalue weighted by Crippen LogP contribution is 2.25. The molecule has 1 rings (SSSR count). The summed E-state index contributed by atoms with van der Waals surface area (Å²) < 4.78 is 22.7. The zero-order valence-electron chi connectivity index (χ0n) is 10.7. The van der Waals surface area contributed by atoms with E-state index in [2.05, 4.69) is 5.32 Å². The first-order valence-corrected chi connectivity index (χ1v) is 7.36. The van der Waals surface area contributed by atoms with E-state index in [-0.39, 0.29) is 11.3 Å². The van der Waals surface area contributed by atoms with E-state index in [1.165, 1.54) is 12.1 Å². The van der Waals surface area contributed by atoms with E-state index in [0.717, 1.165) is 11.8 Å². The molecular formula is C12H18N2O3S. The molecule has 6 heteroatoms. The summed E-state index contributed by atoms with van der Waals surface area (Å²) in [5.74, 6) is -0.418. The van der Waals surface area contributed by atoms with Crippen LogP contribution in [-0.2, 0) is 20.2 Å². The molecule has 3 N–H and O–H groups in total. The van der Waals surface area contributed by atoms with E-state index in [0.29, 0.717) is 0 Å². The number of hydrogen-bond acceptors (Lipinski definition) is 4. The van der Waals surface area contributed by atoms with Crippen LogP contribution in [0.25, 0.3) is 0 Å². The highest BCUT2D eigenvalue weighted by molar-refractivity contribution is 7.90. The Morgan fingerprint density at radius 3 is 2.17 bits per heavy atom. The Bertz CT molecular complexity index is 537. The summed E-state index contributed by atoms with van der Waals surface area (Å²) in [5, 5.41) is 3.03. The van der Waals surface area contributed by atoms with Gasteiger partial charge in [-0.1, -0.05) is 12.1 Å². The van der Waals surface area contributed by atoms with E-state index in [1.807, 2.05) is 6.92 Å². The molecule has 0 bridgehead atoms. The van der Waals surface area contributed by atoms with Crippen LogP contribution in [0.1, 0.15) is 18.9 Å². The van der Waals surface area contributed by atoms with Gasteiger partial charge in [-0.2, -0.15) is 0 Å². The second kappa shape index (κ2) is 5.07. The van der Waals surface area contributed by atoms with Crippen molar-refractivity contribution in [1.82, 2.24) is 5.32 Å². The highest BCUT2D eigenvalue weighted by atomic mass is 32.2. The summed E-state index contributed by atoms with van der Waals surface area (Å²) in [5.41, 5.74) is 5.44. The number of amides is 1. The lowest BCUT2D eigenvalue weighted by molar-refractivity contribution is -0.119. The molecule has 0 saturated carbocycles. The van der Waals surface area contributed by atoms with Gasteiger partial charge in [0.1, 0.15) is 0 Å². The van der Waals surface area contributed by atoms with Gasteiger partial charge in [0, 0.05) is 18.2 Å². The van der Waals surface area contributed by atoms with E-state index in [4.69, 9.17) is 5.73 Å². The van der Waals surface area contributed by atoms with E-state index < -0.39 is 21.3 Å². The van der Waals surface area contributed by atoms with Crippen molar-refractivity contribution in [2.24, 2.45) is 5.73 Å².